The van der Waals surface area contributed by atoms with E-state index in [-0.39, 0.29) is 23.5 Å². The van der Waals surface area contributed by atoms with Gasteiger partial charge in [0.2, 0.25) is 17.6 Å². The van der Waals surface area contributed by atoms with Gasteiger partial charge in [-0.2, -0.15) is 4.98 Å². The zero-order chi connectivity index (χ0) is 21.1. The summed E-state index contributed by atoms with van der Waals surface area (Å²) in [5.74, 6) is 0.243. The van der Waals surface area contributed by atoms with Crippen molar-refractivity contribution in [1.82, 2.24) is 20.4 Å². The molecule has 0 saturated carbocycles. The highest BCUT2D eigenvalue weighted by molar-refractivity contribution is 7.14. The number of thiophene rings is 1. The van der Waals surface area contributed by atoms with Crippen LogP contribution in [0.25, 0.3) is 11.4 Å². The Balaban J connectivity index is 1.43. The molecule has 2 amide bonds. The highest BCUT2D eigenvalue weighted by Crippen LogP contribution is 2.29. The van der Waals surface area contributed by atoms with Crippen LogP contribution in [0.1, 0.15) is 46.1 Å². The van der Waals surface area contributed by atoms with Crippen molar-refractivity contribution in [3.63, 3.8) is 0 Å². The summed E-state index contributed by atoms with van der Waals surface area (Å²) in [6.45, 7) is 3.03. The molecular formula is C21H21FN4O3S. The molecule has 1 unspecified atom stereocenters. The van der Waals surface area contributed by atoms with Crippen molar-refractivity contribution in [3.8, 4) is 11.4 Å². The fourth-order valence-corrected chi connectivity index (χ4v) is 4.38. The minimum absolute atomic E-state index is 0.0383. The third-order valence-corrected chi connectivity index (χ3v) is 6.04. The lowest BCUT2D eigenvalue weighted by atomic mass is 9.98. The summed E-state index contributed by atoms with van der Waals surface area (Å²) in [6, 6.07) is 9.70. The van der Waals surface area contributed by atoms with Crippen LogP contribution in [0, 0.1) is 5.82 Å². The second kappa shape index (κ2) is 8.74. The number of carbonyl (C=O) groups excluding carboxylic acids is 2. The Kier molecular flexibility index (Phi) is 5.89. The number of nitrogens with one attached hydrogen (secondary N) is 1. The van der Waals surface area contributed by atoms with Crippen LogP contribution in [-0.4, -0.2) is 39.9 Å². The zero-order valence-corrected chi connectivity index (χ0v) is 17.2. The van der Waals surface area contributed by atoms with Gasteiger partial charge in [0.15, 0.2) is 0 Å². The van der Waals surface area contributed by atoms with Crippen molar-refractivity contribution in [1.29, 1.82) is 0 Å². The van der Waals surface area contributed by atoms with E-state index < -0.39 is 0 Å². The quantitative estimate of drug-likeness (QED) is 0.671. The summed E-state index contributed by atoms with van der Waals surface area (Å²) in [7, 11) is 0. The first kappa shape index (κ1) is 20.2. The molecule has 1 aliphatic heterocycles. The molecule has 3 aromatic rings. The molecule has 9 heteroatoms. The van der Waals surface area contributed by atoms with Gasteiger partial charge in [-0.1, -0.05) is 17.3 Å². The number of rotatable bonds is 5. The second-order valence-electron chi connectivity index (χ2n) is 7.23. The minimum atomic E-state index is -0.359. The minimum Gasteiger partial charge on any atom is -0.351 e. The van der Waals surface area contributed by atoms with E-state index >= 15 is 0 Å². The van der Waals surface area contributed by atoms with Gasteiger partial charge in [0.05, 0.1) is 17.3 Å². The molecule has 1 N–H and O–H groups in total. The molecule has 2 aromatic heterocycles. The number of amides is 2. The number of hydrogen-bond acceptors (Lipinski definition) is 6. The van der Waals surface area contributed by atoms with Crippen LogP contribution in [0.4, 0.5) is 4.39 Å². The molecular weight excluding hydrogens is 407 g/mol. The zero-order valence-electron chi connectivity index (χ0n) is 16.4. The monoisotopic (exact) mass is 428 g/mol. The van der Waals surface area contributed by atoms with Gasteiger partial charge in [-0.15, -0.1) is 11.3 Å². The predicted molar refractivity (Wildman–Crippen MR) is 109 cm³/mol. The van der Waals surface area contributed by atoms with Crippen LogP contribution in [0.15, 0.2) is 40.9 Å². The van der Waals surface area contributed by atoms with Crippen LogP contribution in [-0.2, 0) is 11.3 Å². The molecule has 1 fully saturated rings. The Morgan fingerprint density at radius 1 is 1.33 bits per heavy atom. The molecule has 0 bridgehead atoms. The standard InChI is InChI=1S/C21H21FN4O3S/c1-13(27)23-11-17-7-8-18(30-17)21(28)26-9-3-5-15(12-26)20-24-19(25-29-20)14-4-2-6-16(22)10-14/h2,4,6-8,10,15H,3,5,9,11-12H2,1H3,(H,23,27). The lowest BCUT2D eigenvalue weighted by Crippen LogP contribution is -2.38. The van der Waals surface area contributed by atoms with Crippen LogP contribution >= 0.6 is 11.3 Å². The summed E-state index contributed by atoms with van der Waals surface area (Å²) >= 11 is 1.38. The number of piperidine rings is 1. The van der Waals surface area contributed by atoms with Gasteiger partial charge in [0.25, 0.3) is 5.91 Å². The summed E-state index contributed by atoms with van der Waals surface area (Å²) < 4.78 is 18.9. The third kappa shape index (κ3) is 4.56. The molecule has 1 aromatic carbocycles. The Labute approximate surface area is 176 Å². The lowest BCUT2D eigenvalue weighted by Gasteiger charge is -2.30. The van der Waals surface area contributed by atoms with E-state index in [1.807, 2.05) is 6.07 Å². The maximum atomic E-state index is 13.5. The number of aromatic nitrogens is 2. The van der Waals surface area contributed by atoms with Crippen molar-refractivity contribution in [2.24, 2.45) is 0 Å². The maximum absolute atomic E-state index is 13.5. The summed E-state index contributed by atoms with van der Waals surface area (Å²) in [6.07, 6.45) is 1.67. The summed E-state index contributed by atoms with van der Waals surface area (Å²) in [4.78, 5) is 31.8. The van der Waals surface area contributed by atoms with Crippen LogP contribution in [0.3, 0.4) is 0 Å². The van der Waals surface area contributed by atoms with Gasteiger partial charge in [-0.3, -0.25) is 9.59 Å². The first-order valence-electron chi connectivity index (χ1n) is 9.71. The Bertz CT molecular complexity index is 1060. The number of nitrogens with zero attached hydrogens (tertiary/aromatic N) is 3. The Morgan fingerprint density at radius 2 is 2.20 bits per heavy atom. The SMILES string of the molecule is CC(=O)NCc1ccc(C(=O)N2CCCC(c3nc(-c4cccc(F)c4)no3)C2)s1. The molecule has 0 radical (unpaired) electrons. The highest BCUT2D eigenvalue weighted by Gasteiger charge is 2.29. The van der Waals surface area contributed by atoms with E-state index in [9.17, 15) is 14.0 Å². The molecule has 4 rings (SSSR count). The molecule has 0 spiro atoms. The number of benzene rings is 1. The molecule has 1 atom stereocenters. The highest BCUT2D eigenvalue weighted by atomic mass is 32.1. The van der Waals surface area contributed by atoms with E-state index in [1.54, 1.807) is 23.1 Å². The number of hydrogen-bond donors (Lipinski definition) is 1. The molecule has 1 aliphatic rings. The van der Waals surface area contributed by atoms with Gasteiger partial charge in [-0.25, -0.2) is 4.39 Å². The number of carbonyl (C=O) groups is 2. The van der Waals surface area contributed by atoms with E-state index in [0.717, 1.165) is 17.7 Å². The van der Waals surface area contributed by atoms with E-state index in [4.69, 9.17) is 4.52 Å². The van der Waals surface area contributed by atoms with Gasteiger partial charge < -0.3 is 14.7 Å². The molecule has 30 heavy (non-hydrogen) atoms. The van der Waals surface area contributed by atoms with Gasteiger partial charge in [0, 0.05) is 30.5 Å². The first-order valence-corrected chi connectivity index (χ1v) is 10.5. The van der Waals surface area contributed by atoms with Gasteiger partial charge in [-0.05, 0) is 37.1 Å². The average molecular weight is 428 g/mol. The Morgan fingerprint density at radius 3 is 3.00 bits per heavy atom. The topological polar surface area (TPSA) is 88.3 Å². The molecule has 3 heterocycles. The summed E-state index contributed by atoms with van der Waals surface area (Å²) in [5, 5.41) is 6.72. The van der Waals surface area contributed by atoms with Crippen LogP contribution in [0.2, 0.25) is 0 Å². The fourth-order valence-electron chi connectivity index (χ4n) is 3.46. The molecule has 7 nitrogen and oxygen atoms in total. The van der Waals surface area contributed by atoms with E-state index in [2.05, 4.69) is 15.5 Å². The van der Waals surface area contributed by atoms with Crippen LogP contribution < -0.4 is 5.32 Å². The predicted octanol–water partition coefficient (Wildman–Crippen LogP) is 3.59. The van der Waals surface area contributed by atoms with E-state index in [1.165, 1.54) is 30.4 Å². The first-order chi connectivity index (χ1) is 14.5. The largest absolute Gasteiger partial charge is 0.351 e. The molecule has 1 saturated heterocycles. The van der Waals surface area contributed by atoms with Gasteiger partial charge in [0.1, 0.15) is 5.82 Å². The van der Waals surface area contributed by atoms with Crippen molar-refractivity contribution >= 4 is 23.2 Å². The summed E-state index contributed by atoms with van der Waals surface area (Å²) in [5.41, 5.74) is 0.555. The van der Waals surface area contributed by atoms with Crippen molar-refractivity contribution < 1.29 is 18.5 Å². The van der Waals surface area contributed by atoms with Crippen LogP contribution in [0.5, 0.6) is 0 Å². The van der Waals surface area contributed by atoms with Gasteiger partial charge >= 0.3 is 0 Å². The van der Waals surface area contributed by atoms with Crippen molar-refractivity contribution in [2.45, 2.75) is 32.2 Å². The molecule has 0 aliphatic carbocycles. The normalized spacial score (nSPS) is 16.5. The van der Waals surface area contributed by atoms with E-state index in [0.29, 0.717) is 41.8 Å². The Hall–Kier alpha value is -3.07. The lowest BCUT2D eigenvalue weighted by molar-refractivity contribution is -0.119. The third-order valence-electron chi connectivity index (χ3n) is 4.97. The van der Waals surface area contributed by atoms with Crippen molar-refractivity contribution in [2.75, 3.05) is 13.1 Å². The number of halogens is 1. The smallest absolute Gasteiger partial charge is 0.263 e. The number of likely N-dealkylation sites (tertiary alicyclic amines) is 1. The molecule has 156 valence electrons. The maximum Gasteiger partial charge on any atom is 0.263 e. The average Bonchev–Trinajstić information content (AvgIpc) is 3.42. The fraction of sp³-hybridized carbons (Fsp3) is 0.333. The van der Waals surface area contributed by atoms with Crippen molar-refractivity contribution in [3.05, 3.63) is 57.9 Å². The second-order valence-corrected chi connectivity index (χ2v) is 8.40.